The zero-order valence-electron chi connectivity index (χ0n) is 16.1. The van der Waals surface area contributed by atoms with Gasteiger partial charge in [0.1, 0.15) is 0 Å². The number of halogens is 1. The van der Waals surface area contributed by atoms with Gasteiger partial charge in [0.2, 0.25) is 11.0 Å². The van der Waals surface area contributed by atoms with E-state index in [0.29, 0.717) is 0 Å². The normalized spacial score (nSPS) is 11.5. The van der Waals surface area contributed by atoms with Gasteiger partial charge in [-0.05, 0) is 23.3 Å². The van der Waals surface area contributed by atoms with Crippen LogP contribution < -0.4 is 23.0 Å². The van der Waals surface area contributed by atoms with E-state index in [1.807, 2.05) is 0 Å². The molecule has 0 atom stereocenters. The van der Waals surface area contributed by atoms with E-state index in [1.165, 1.54) is 44.0 Å². The number of hydrogen-bond acceptors (Lipinski definition) is 4. The lowest BCUT2D eigenvalue weighted by molar-refractivity contribution is -2.00. The van der Waals surface area contributed by atoms with E-state index in [0.717, 1.165) is 0 Å². The second-order valence-electron chi connectivity index (χ2n) is 6.91. The largest absolute Gasteiger partial charge is 0.222 e. The molecule has 0 N–H and O–H groups in total. The molecule has 0 spiro atoms. The first-order chi connectivity index (χ1) is 14.3. The van der Waals surface area contributed by atoms with Crippen molar-refractivity contribution >= 4 is 27.2 Å². The van der Waals surface area contributed by atoms with Crippen molar-refractivity contribution in [2.75, 3.05) is 0 Å². The molecule has 0 aliphatic rings. The number of nitrogens with zero attached hydrogens (tertiary/aromatic N) is 1. The summed E-state index contributed by atoms with van der Waals surface area (Å²) in [6.45, 7) is 2.20. The smallest absolute Gasteiger partial charge is 0.219 e. The van der Waals surface area contributed by atoms with Crippen molar-refractivity contribution < 1.29 is 33.3 Å². The van der Waals surface area contributed by atoms with Crippen molar-refractivity contribution in [2.24, 2.45) is 0 Å². The van der Waals surface area contributed by atoms with Crippen molar-refractivity contribution in [1.29, 1.82) is 0 Å². The van der Waals surface area contributed by atoms with Gasteiger partial charge in [-0.3, -0.25) is 0 Å². The molecule has 0 aliphatic carbocycles. The summed E-state index contributed by atoms with van der Waals surface area (Å²) in [6, 6.07) is 32.6. The van der Waals surface area contributed by atoms with E-state index in [-0.39, 0.29) is 0 Å². The molecule has 0 saturated carbocycles. The lowest BCUT2D eigenvalue weighted by Crippen LogP contribution is -2.68. The Hall–Kier alpha value is -3.06. The van der Waals surface area contributed by atoms with E-state index in [4.69, 9.17) is 18.6 Å². The highest BCUT2D eigenvalue weighted by atomic mass is 35.7. The second kappa shape index (κ2) is 7.99. The molecule has 2 aromatic heterocycles. The Morgan fingerprint density at radius 1 is 0.567 bits per heavy atom. The average molecular weight is 420 g/mol. The van der Waals surface area contributed by atoms with Gasteiger partial charge in [-0.25, -0.2) is 18.6 Å². The first-order valence-corrected chi connectivity index (χ1v) is 10.5. The molecule has 0 amide bonds. The molecule has 2 heterocycles. The molecule has 6 heteroatoms. The van der Waals surface area contributed by atoms with Gasteiger partial charge in [0.15, 0.2) is 5.69 Å². The van der Waals surface area contributed by atoms with Crippen LogP contribution in [0.15, 0.2) is 91.0 Å². The van der Waals surface area contributed by atoms with Gasteiger partial charge in [-0.2, -0.15) is 4.40 Å². The number of rotatable bonds is 1. The monoisotopic (exact) mass is 419 g/mol. The van der Waals surface area contributed by atoms with Crippen molar-refractivity contribution in [3.05, 3.63) is 96.7 Å². The lowest BCUT2D eigenvalue weighted by Gasteiger charge is -2.17. The third kappa shape index (κ3) is 4.11. The van der Waals surface area contributed by atoms with Crippen molar-refractivity contribution in [2.45, 2.75) is 6.92 Å². The molecule has 0 fully saturated rings. The minimum absolute atomic E-state index is 1.25. The third-order valence-electron chi connectivity index (χ3n) is 5.00. The molecule has 0 unspecified atom stereocenters. The summed E-state index contributed by atoms with van der Waals surface area (Å²) in [7, 11) is -4.94. The van der Waals surface area contributed by atoms with Crippen molar-refractivity contribution in [3.8, 4) is 11.1 Å². The summed E-state index contributed by atoms with van der Waals surface area (Å²) in [5, 5.41) is 3.90. The standard InChI is InChI=1S/C24H18N.ClHO4/c1-17-15-19(18-9-3-2-4-10-18)16-24-22-13-6-5-11-20(22)21-12-7-8-14-23(21)25(17)24;2-1(3,4)5/h2-16H,1H3;(H,2,3,4,5)/q+1;/p-1. The summed E-state index contributed by atoms with van der Waals surface area (Å²) in [6.07, 6.45) is 0. The zero-order valence-corrected chi connectivity index (χ0v) is 16.9. The summed E-state index contributed by atoms with van der Waals surface area (Å²) >= 11 is 0. The van der Waals surface area contributed by atoms with Crippen molar-refractivity contribution in [1.82, 2.24) is 0 Å². The summed E-state index contributed by atoms with van der Waals surface area (Å²) in [5.74, 6) is 0. The topological polar surface area (TPSA) is 96.3 Å². The quantitative estimate of drug-likeness (QED) is 0.298. The Bertz CT molecular complexity index is 1340. The molecular weight excluding hydrogens is 402 g/mol. The summed E-state index contributed by atoms with van der Waals surface area (Å²) in [4.78, 5) is 0. The molecule has 30 heavy (non-hydrogen) atoms. The van der Waals surface area contributed by atoms with Gasteiger partial charge >= 0.3 is 0 Å². The fourth-order valence-corrected chi connectivity index (χ4v) is 3.89. The van der Waals surface area contributed by atoms with E-state index in [1.54, 1.807) is 0 Å². The SMILES string of the molecule is Cc1cc(-c2ccccc2)cc2c3ccccc3c3ccccc3[n+]12.[O-][Cl+3]([O-])([O-])[O-]. The predicted molar refractivity (Wildman–Crippen MR) is 105 cm³/mol. The number of pyridine rings is 2. The number of fused-ring (bicyclic) bond motifs is 6. The maximum Gasteiger partial charge on any atom is 0.219 e. The first kappa shape index (κ1) is 20.2. The maximum atomic E-state index is 8.49. The minimum atomic E-state index is -4.94. The van der Waals surface area contributed by atoms with Gasteiger partial charge in [0.05, 0.1) is 10.8 Å². The number of benzene rings is 3. The van der Waals surface area contributed by atoms with Crippen LogP contribution in [-0.2, 0) is 0 Å². The Balaban J connectivity index is 0.000000393. The molecule has 150 valence electrons. The second-order valence-corrected chi connectivity index (χ2v) is 7.67. The van der Waals surface area contributed by atoms with E-state index in [2.05, 4.69) is 102 Å². The lowest BCUT2D eigenvalue weighted by atomic mass is 10.00. The van der Waals surface area contributed by atoms with Crippen LogP contribution in [0.1, 0.15) is 5.69 Å². The maximum absolute atomic E-state index is 8.49. The van der Waals surface area contributed by atoms with E-state index >= 15 is 0 Å². The number of aryl methyl sites for hydroxylation is 1. The van der Waals surface area contributed by atoms with Crippen LogP contribution in [0.25, 0.3) is 38.3 Å². The third-order valence-corrected chi connectivity index (χ3v) is 5.00. The van der Waals surface area contributed by atoms with Crippen LogP contribution in [0.5, 0.6) is 0 Å². The molecule has 5 nitrogen and oxygen atoms in total. The first-order valence-electron chi connectivity index (χ1n) is 9.26. The predicted octanol–water partition coefficient (Wildman–Crippen LogP) is 0.951. The van der Waals surface area contributed by atoms with E-state index in [9.17, 15) is 0 Å². The highest BCUT2D eigenvalue weighted by Crippen LogP contribution is 2.29. The van der Waals surface area contributed by atoms with Gasteiger partial charge in [0.25, 0.3) is 0 Å². The van der Waals surface area contributed by atoms with Crippen LogP contribution in [0.2, 0.25) is 0 Å². The molecule has 0 radical (unpaired) electrons. The van der Waals surface area contributed by atoms with Crippen LogP contribution >= 0.6 is 0 Å². The molecule has 0 bridgehead atoms. The summed E-state index contributed by atoms with van der Waals surface area (Å²) < 4.78 is 36.4. The molecule has 0 aliphatic heterocycles. The Kier molecular flexibility index (Phi) is 5.39. The molecule has 3 aromatic carbocycles. The van der Waals surface area contributed by atoms with E-state index < -0.39 is 10.2 Å². The molecular formula is C24H18ClNO4. The van der Waals surface area contributed by atoms with Gasteiger partial charge in [0, 0.05) is 30.5 Å². The number of para-hydroxylation sites is 1. The number of hydrogen-bond donors (Lipinski definition) is 0. The fourth-order valence-electron chi connectivity index (χ4n) is 3.89. The van der Waals surface area contributed by atoms with Gasteiger partial charge < -0.3 is 0 Å². The van der Waals surface area contributed by atoms with Crippen LogP contribution in [0.3, 0.4) is 0 Å². The van der Waals surface area contributed by atoms with Crippen molar-refractivity contribution in [3.63, 3.8) is 0 Å². The Morgan fingerprint density at radius 3 is 1.70 bits per heavy atom. The fraction of sp³-hybridized carbons (Fsp3) is 0.0417. The van der Waals surface area contributed by atoms with Crippen LogP contribution in [0.4, 0.5) is 0 Å². The summed E-state index contributed by atoms with van der Waals surface area (Å²) in [5.41, 5.74) is 6.28. The molecule has 5 rings (SSSR count). The van der Waals surface area contributed by atoms with Gasteiger partial charge in [-0.1, -0.05) is 60.7 Å². The van der Waals surface area contributed by atoms with Crippen LogP contribution in [0, 0.1) is 17.2 Å². The van der Waals surface area contributed by atoms with Gasteiger partial charge in [-0.15, -0.1) is 10.2 Å². The highest BCUT2D eigenvalue weighted by Gasteiger charge is 2.18. The Morgan fingerprint density at radius 2 is 1.07 bits per heavy atom. The van der Waals surface area contributed by atoms with Crippen LogP contribution in [-0.4, -0.2) is 0 Å². The minimum Gasteiger partial charge on any atom is -0.222 e. The molecule has 0 saturated heterocycles. The molecule has 5 aromatic rings. The highest BCUT2D eigenvalue weighted by molar-refractivity contribution is 6.09. The Labute approximate surface area is 175 Å². The zero-order chi connectivity index (χ0) is 21.3. The average Bonchev–Trinajstić information content (AvgIpc) is 2.73. The number of aromatic nitrogens is 1.